The van der Waals surface area contributed by atoms with E-state index in [1.54, 1.807) is 12.1 Å². The molecule has 3 rings (SSSR count). The van der Waals surface area contributed by atoms with Gasteiger partial charge >= 0.3 is 11.9 Å². The average Bonchev–Trinajstić information content (AvgIpc) is 2.58. The van der Waals surface area contributed by atoms with Crippen LogP contribution in [0.2, 0.25) is 0 Å². The van der Waals surface area contributed by atoms with Gasteiger partial charge in [0.2, 0.25) is 0 Å². The molecule has 1 fully saturated rings. The van der Waals surface area contributed by atoms with Crippen LogP contribution >= 0.6 is 0 Å². The molecule has 5 heteroatoms. The van der Waals surface area contributed by atoms with E-state index < -0.39 is 17.7 Å². The molecule has 2 aromatic carbocycles. The first-order valence-electron chi connectivity index (χ1n) is 7.86. The summed E-state index contributed by atoms with van der Waals surface area (Å²) < 4.78 is 10.1. The summed E-state index contributed by atoms with van der Waals surface area (Å²) in [5.74, 6) is -2.63. The van der Waals surface area contributed by atoms with Crippen LogP contribution < -0.4 is 0 Å². The van der Waals surface area contributed by atoms with Crippen molar-refractivity contribution in [2.75, 3.05) is 0 Å². The van der Waals surface area contributed by atoms with Crippen LogP contribution in [0.1, 0.15) is 25.0 Å². The first-order chi connectivity index (χ1) is 11.9. The van der Waals surface area contributed by atoms with Gasteiger partial charge in [0.25, 0.3) is 5.79 Å². The summed E-state index contributed by atoms with van der Waals surface area (Å²) in [6, 6.07) is 15.0. The van der Waals surface area contributed by atoms with Crippen molar-refractivity contribution in [1.29, 1.82) is 0 Å². The van der Waals surface area contributed by atoms with Gasteiger partial charge in [-0.2, -0.15) is 0 Å². The zero-order valence-electron chi connectivity index (χ0n) is 14.0. The Labute approximate surface area is 145 Å². The average molecular weight is 338 g/mol. The van der Waals surface area contributed by atoms with Crippen LogP contribution in [-0.2, 0) is 25.7 Å². The Balaban J connectivity index is 1.85. The number of aliphatic hydroxyl groups excluding tert-OH is 1. The van der Waals surface area contributed by atoms with E-state index in [1.165, 1.54) is 19.9 Å². The molecule has 0 saturated carbocycles. The largest absolute Gasteiger partial charge is 0.419 e. The molecule has 1 aliphatic heterocycles. The van der Waals surface area contributed by atoms with Crippen molar-refractivity contribution >= 4 is 18.0 Å². The van der Waals surface area contributed by atoms with Crippen LogP contribution in [0.5, 0.6) is 0 Å². The molecule has 0 atom stereocenters. The first-order valence-corrected chi connectivity index (χ1v) is 7.86. The van der Waals surface area contributed by atoms with Gasteiger partial charge < -0.3 is 14.6 Å². The molecule has 5 nitrogen and oxygen atoms in total. The highest BCUT2D eigenvalue weighted by atomic mass is 16.7. The van der Waals surface area contributed by atoms with Gasteiger partial charge in [-0.1, -0.05) is 42.5 Å². The van der Waals surface area contributed by atoms with E-state index in [0.29, 0.717) is 5.56 Å². The summed E-state index contributed by atoms with van der Waals surface area (Å²) >= 11 is 0. The van der Waals surface area contributed by atoms with Gasteiger partial charge in [-0.05, 0) is 34.4 Å². The Kier molecular flexibility index (Phi) is 4.42. The molecule has 0 bridgehead atoms. The van der Waals surface area contributed by atoms with E-state index in [1.807, 2.05) is 36.4 Å². The number of aliphatic hydroxyl groups is 1. The summed E-state index contributed by atoms with van der Waals surface area (Å²) in [6.07, 6.45) is 1.45. The highest BCUT2D eigenvalue weighted by Gasteiger charge is 2.38. The van der Waals surface area contributed by atoms with Gasteiger partial charge in [-0.15, -0.1) is 0 Å². The molecule has 1 heterocycles. The van der Waals surface area contributed by atoms with E-state index >= 15 is 0 Å². The molecule has 0 aromatic heterocycles. The minimum absolute atomic E-state index is 0.0153. The number of carbonyl (C=O) groups is 2. The van der Waals surface area contributed by atoms with Gasteiger partial charge in [0.1, 0.15) is 5.57 Å². The highest BCUT2D eigenvalue weighted by Crippen LogP contribution is 2.25. The Bertz CT molecular complexity index is 825. The maximum absolute atomic E-state index is 12.0. The SMILES string of the molecule is CC1(C)OC(=O)C(=Cc2ccc(-c3cccc(CO)c3)cc2)C(=O)O1. The lowest BCUT2D eigenvalue weighted by Gasteiger charge is -2.29. The van der Waals surface area contributed by atoms with Crippen molar-refractivity contribution in [3.63, 3.8) is 0 Å². The van der Waals surface area contributed by atoms with Crippen LogP contribution in [0.3, 0.4) is 0 Å². The number of ether oxygens (including phenoxy) is 2. The fourth-order valence-electron chi connectivity index (χ4n) is 2.57. The number of esters is 2. The van der Waals surface area contributed by atoms with Crippen LogP contribution in [0, 0.1) is 0 Å². The lowest BCUT2D eigenvalue weighted by molar-refractivity contribution is -0.222. The van der Waals surface area contributed by atoms with Gasteiger partial charge in [0.15, 0.2) is 0 Å². The normalized spacial score (nSPS) is 16.2. The summed E-state index contributed by atoms with van der Waals surface area (Å²) in [6.45, 7) is 3.00. The molecule has 0 spiro atoms. The first kappa shape index (κ1) is 16.9. The van der Waals surface area contributed by atoms with Crippen LogP contribution in [0.25, 0.3) is 17.2 Å². The standard InChI is InChI=1S/C20H18O5/c1-20(2)24-18(22)17(19(23)25-20)11-13-6-8-15(9-7-13)16-5-3-4-14(10-16)12-21/h3-11,21H,12H2,1-2H3. The smallest absolute Gasteiger partial charge is 0.348 e. The quantitative estimate of drug-likeness (QED) is 0.529. The van der Waals surface area contributed by atoms with Crippen molar-refractivity contribution in [3.05, 3.63) is 65.2 Å². The molecule has 1 saturated heterocycles. The zero-order chi connectivity index (χ0) is 18.0. The van der Waals surface area contributed by atoms with Crippen LogP contribution in [0.4, 0.5) is 0 Å². The lowest BCUT2D eigenvalue weighted by atomic mass is 10.0. The van der Waals surface area contributed by atoms with E-state index in [9.17, 15) is 14.7 Å². The van der Waals surface area contributed by atoms with E-state index in [2.05, 4.69) is 0 Å². The van der Waals surface area contributed by atoms with Gasteiger partial charge in [-0.3, -0.25) is 0 Å². The van der Waals surface area contributed by atoms with Gasteiger partial charge in [0.05, 0.1) is 6.61 Å². The maximum Gasteiger partial charge on any atom is 0.348 e. The zero-order valence-corrected chi connectivity index (χ0v) is 14.0. The van der Waals surface area contributed by atoms with Crippen molar-refractivity contribution in [2.45, 2.75) is 26.2 Å². The Morgan fingerprint density at radius 3 is 2.20 bits per heavy atom. The molecule has 0 unspecified atom stereocenters. The minimum Gasteiger partial charge on any atom is -0.419 e. The number of cyclic esters (lactones) is 2. The predicted octanol–water partition coefficient (Wildman–Crippen LogP) is 3.07. The Hall–Kier alpha value is -2.92. The second-order valence-electron chi connectivity index (χ2n) is 6.22. The van der Waals surface area contributed by atoms with E-state index in [-0.39, 0.29) is 12.2 Å². The van der Waals surface area contributed by atoms with Crippen LogP contribution in [-0.4, -0.2) is 22.8 Å². The van der Waals surface area contributed by atoms with Crippen molar-refractivity contribution in [3.8, 4) is 11.1 Å². The van der Waals surface area contributed by atoms with E-state index in [4.69, 9.17) is 9.47 Å². The molecule has 25 heavy (non-hydrogen) atoms. The number of hydrogen-bond donors (Lipinski definition) is 1. The number of hydrogen-bond acceptors (Lipinski definition) is 5. The van der Waals surface area contributed by atoms with Crippen LogP contribution in [0.15, 0.2) is 54.1 Å². The lowest BCUT2D eigenvalue weighted by Crippen LogP contribution is -2.41. The fraction of sp³-hybridized carbons (Fsp3) is 0.200. The Morgan fingerprint density at radius 1 is 0.960 bits per heavy atom. The topological polar surface area (TPSA) is 72.8 Å². The fourth-order valence-corrected chi connectivity index (χ4v) is 2.57. The summed E-state index contributed by atoms with van der Waals surface area (Å²) in [7, 11) is 0. The summed E-state index contributed by atoms with van der Waals surface area (Å²) in [4.78, 5) is 23.9. The van der Waals surface area contributed by atoms with Crippen molar-refractivity contribution in [2.24, 2.45) is 0 Å². The predicted molar refractivity (Wildman–Crippen MR) is 92.0 cm³/mol. The second kappa shape index (κ2) is 6.53. The minimum atomic E-state index is -1.24. The monoisotopic (exact) mass is 338 g/mol. The third-order valence-corrected chi connectivity index (χ3v) is 3.78. The highest BCUT2D eigenvalue weighted by molar-refractivity contribution is 6.18. The van der Waals surface area contributed by atoms with Gasteiger partial charge in [-0.25, -0.2) is 9.59 Å². The number of benzene rings is 2. The molecule has 0 aliphatic carbocycles. The third kappa shape index (κ3) is 3.78. The maximum atomic E-state index is 12.0. The molecule has 128 valence electrons. The molecule has 1 aliphatic rings. The van der Waals surface area contributed by atoms with Crippen molar-refractivity contribution < 1.29 is 24.2 Å². The molecule has 0 radical (unpaired) electrons. The number of carbonyl (C=O) groups excluding carboxylic acids is 2. The number of rotatable bonds is 3. The van der Waals surface area contributed by atoms with E-state index in [0.717, 1.165) is 16.7 Å². The Morgan fingerprint density at radius 2 is 1.60 bits per heavy atom. The molecular formula is C20H18O5. The molecule has 0 amide bonds. The van der Waals surface area contributed by atoms with Gasteiger partial charge in [0, 0.05) is 13.8 Å². The third-order valence-electron chi connectivity index (χ3n) is 3.78. The van der Waals surface area contributed by atoms with Crippen molar-refractivity contribution in [1.82, 2.24) is 0 Å². The molecule has 1 N–H and O–H groups in total. The molecule has 2 aromatic rings. The summed E-state index contributed by atoms with van der Waals surface area (Å²) in [5.41, 5.74) is 3.33. The molecular weight excluding hydrogens is 320 g/mol. The second-order valence-corrected chi connectivity index (χ2v) is 6.22. The summed E-state index contributed by atoms with van der Waals surface area (Å²) in [5, 5.41) is 9.23.